The third kappa shape index (κ3) is 2.58. The number of carbonyl (C=O) groups is 3. The lowest BCUT2D eigenvalue weighted by Gasteiger charge is -2.36. The third-order valence-corrected chi connectivity index (χ3v) is 3.42. The zero-order valence-corrected chi connectivity index (χ0v) is 11.7. The summed E-state index contributed by atoms with van der Waals surface area (Å²) in [7, 11) is 0. The van der Waals surface area contributed by atoms with Crippen LogP contribution in [0.15, 0.2) is 23.1 Å². The van der Waals surface area contributed by atoms with Gasteiger partial charge in [0, 0.05) is 10.4 Å². The fourth-order valence-corrected chi connectivity index (χ4v) is 2.44. The van der Waals surface area contributed by atoms with Crippen LogP contribution in [0.1, 0.15) is 25.6 Å². The minimum absolute atomic E-state index is 0.0167. The number of rotatable bonds is 1. The Labute approximate surface area is 114 Å². The van der Waals surface area contributed by atoms with Crippen molar-refractivity contribution >= 4 is 35.3 Å². The van der Waals surface area contributed by atoms with E-state index in [0.29, 0.717) is 0 Å². The van der Waals surface area contributed by atoms with Crippen molar-refractivity contribution in [2.75, 3.05) is 0 Å². The van der Waals surface area contributed by atoms with Gasteiger partial charge in [-0.15, -0.1) is 11.3 Å². The van der Waals surface area contributed by atoms with Gasteiger partial charge in [0.25, 0.3) is 11.8 Å². The topological polar surface area (TPSA) is 66.5 Å². The first-order valence-corrected chi connectivity index (χ1v) is 6.64. The smallest absolute Gasteiger partial charge is 0.273 e. The second-order valence-corrected chi connectivity index (χ2v) is 6.12. The summed E-state index contributed by atoms with van der Waals surface area (Å²) in [5.74, 6) is -1.21. The van der Waals surface area contributed by atoms with Crippen LogP contribution in [-0.4, -0.2) is 28.3 Å². The predicted octanol–water partition coefficient (Wildman–Crippen LogP) is 2.01. The van der Waals surface area contributed by atoms with Gasteiger partial charge in [-0.3, -0.25) is 19.8 Å². The molecule has 4 amide bonds. The summed E-state index contributed by atoms with van der Waals surface area (Å²) < 4.78 is 0. The second kappa shape index (κ2) is 4.62. The molecule has 100 valence electrons. The summed E-state index contributed by atoms with van der Waals surface area (Å²) >= 11 is 1.42. The molecule has 0 unspecified atom stereocenters. The van der Waals surface area contributed by atoms with Crippen LogP contribution < -0.4 is 5.32 Å². The maximum atomic E-state index is 12.3. The number of hydrogen-bond donors (Lipinski definition) is 1. The Morgan fingerprint density at radius 3 is 2.47 bits per heavy atom. The van der Waals surface area contributed by atoms with E-state index < -0.39 is 23.4 Å². The molecule has 0 aromatic carbocycles. The summed E-state index contributed by atoms with van der Waals surface area (Å²) in [6, 6.07) is 2.95. The minimum Gasteiger partial charge on any atom is -0.273 e. The highest BCUT2D eigenvalue weighted by Gasteiger charge is 2.41. The van der Waals surface area contributed by atoms with Gasteiger partial charge < -0.3 is 0 Å². The quantitative estimate of drug-likeness (QED) is 0.631. The van der Waals surface area contributed by atoms with Crippen LogP contribution in [0.25, 0.3) is 6.08 Å². The molecule has 1 aromatic heterocycles. The molecule has 0 spiro atoms. The molecule has 1 N–H and O–H groups in total. The fourth-order valence-electron chi connectivity index (χ4n) is 1.78. The molecule has 0 bridgehead atoms. The molecular formula is C13H14N2O3S. The van der Waals surface area contributed by atoms with Crippen LogP contribution in [0.5, 0.6) is 0 Å². The van der Waals surface area contributed by atoms with Crippen molar-refractivity contribution in [2.45, 2.75) is 26.3 Å². The Morgan fingerprint density at radius 2 is 1.95 bits per heavy atom. The van der Waals surface area contributed by atoms with Gasteiger partial charge in [-0.1, -0.05) is 6.07 Å². The number of hydrogen-bond acceptors (Lipinski definition) is 4. The number of imide groups is 2. The summed E-state index contributed by atoms with van der Waals surface area (Å²) in [5.41, 5.74) is -0.701. The molecule has 2 rings (SSSR count). The zero-order valence-electron chi connectivity index (χ0n) is 10.9. The van der Waals surface area contributed by atoms with E-state index in [4.69, 9.17) is 0 Å². The zero-order chi connectivity index (χ0) is 14.2. The minimum atomic E-state index is -0.684. The molecule has 0 aliphatic carbocycles. The van der Waals surface area contributed by atoms with E-state index in [-0.39, 0.29) is 5.57 Å². The second-order valence-electron chi connectivity index (χ2n) is 5.14. The van der Waals surface area contributed by atoms with Gasteiger partial charge in [0.15, 0.2) is 0 Å². The van der Waals surface area contributed by atoms with Crippen LogP contribution in [0, 0.1) is 0 Å². The molecule has 1 fully saturated rings. The van der Waals surface area contributed by atoms with Crippen molar-refractivity contribution in [1.29, 1.82) is 0 Å². The molecule has 0 atom stereocenters. The number of urea groups is 1. The van der Waals surface area contributed by atoms with Crippen molar-refractivity contribution in [3.05, 3.63) is 28.0 Å². The average molecular weight is 278 g/mol. The molecule has 0 saturated carbocycles. The van der Waals surface area contributed by atoms with Crippen molar-refractivity contribution < 1.29 is 14.4 Å². The summed E-state index contributed by atoms with van der Waals surface area (Å²) in [4.78, 5) is 37.7. The van der Waals surface area contributed by atoms with Crippen molar-refractivity contribution in [1.82, 2.24) is 10.2 Å². The molecule has 2 heterocycles. The van der Waals surface area contributed by atoms with Crippen molar-refractivity contribution in [3.63, 3.8) is 0 Å². The van der Waals surface area contributed by atoms with Crippen LogP contribution in [0.4, 0.5) is 4.79 Å². The van der Waals surface area contributed by atoms with E-state index in [2.05, 4.69) is 5.32 Å². The number of carbonyl (C=O) groups excluding carboxylic acids is 3. The van der Waals surface area contributed by atoms with Crippen LogP contribution in [0.3, 0.4) is 0 Å². The van der Waals surface area contributed by atoms with E-state index >= 15 is 0 Å². The number of nitrogens with one attached hydrogen (secondary N) is 1. The number of amides is 4. The van der Waals surface area contributed by atoms with Gasteiger partial charge in [-0.05, 0) is 38.3 Å². The molecule has 6 heteroatoms. The Morgan fingerprint density at radius 1 is 1.26 bits per heavy atom. The lowest BCUT2D eigenvalue weighted by molar-refractivity contribution is -0.133. The van der Waals surface area contributed by atoms with Crippen LogP contribution in [0.2, 0.25) is 0 Å². The first-order valence-electron chi connectivity index (χ1n) is 5.76. The van der Waals surface area contributed by atoms with Gasteiger partial charge in [0.05, 0.1) is 0 Å². The SMILES string of the molecule is CC(C)(C)N1C(=O)NC(=O)/C(=C/c2cccs2)C1=O. The molecule has 1 aromatic rings. The summed E-state index contributed by atoms with van der Waals surface area (Å²) in [6.45, 7) is 5.22. The standard InChI is InChI=1S/C13H14N2O3S/c1-13(2,3)15-11(17)9(10(16)14-12(15)18)7-8-5-4-6-19-8/h4-7H,1-3H3,(H,14,16,18)/b9-7-. The molecule has 0 radical (unpaired) electrons. The number of thiophene rings is 1. The van der Waals surface area contributed by atoms with Gasteiger partial charge >= 0.3 is 6.03 Å². The monoisotopic (exact) mass is 278 g/mol. The normalized spacial score (nSPS) is 19.0. The number of barbiturate groups is 1. The maximum Gasteiger partial charge on any atom is 0.331 e. The van der Waals surface area contributed by atoms with E-state index in [0.717, 1.165) is 9.78 Å². The molecule has 1 aliphatic heterocycles. The van der Waals surface area contributed by atoms with Gasteiger partial charge in [0.1, 0.15) is 5.57 Å². The van der Waals surface area contributed by atoms with Crippen LogP contribution in [-0.2, 0) is 9.59 Å². The summed E-state index contributed by atoms with van der Waals surface area (Å²) in [6.07, 6.45) is 1.51. The highest BCUT2D eigenvalue weighted by Crippen LogP contribution is 2.23. The highest BCUT2D eigenvalue weighted by atomic mass is 32.1. The Bertz CT molecular complexity index is 567. The van der Waals surface area contributed by atoms with Gasteiger partial charge in [-0.2, -0.15) is 0 Å². The largest absolute Gasteiger partial charge is 0.331 e. The fraction of sp³-hybridized carbons (Fsp3) is 0.308. The molecular weight excluding hydrogens is 264 g/mol. The van der Waals surface area contributed by atoms with E-state index in [1.807, 2.05) is 11.4 Å². The Kier molecular flexibility index (Phi) is 3.28. The summed E-state index contributed by atoms with van der Waals surface area (Å²) in [5, 5.41) is 4.04. The van der Waals surface area contributed by atoms with E-state index in [1.54, 1.807) is 26.8 Å². The first kappa shape index (κ1) is 13.5. The maximum absolute atomic E-state index is 12.3. The van der Waals surface area contributed by atoms with Gasteiger partial charge in [-0.25, -0.2) is 4.79 Å². The first-order chi connectivity index (χ1) is 8.80. The Hall–Kier alpha value is -1.95. The molecule has 19 heavy (non-hydrogen) atoms. The highest BCUT2D eigenvalue weighted by molar-refractivity contribution is 7.10. The van der Waals surface area contributed by atoms with Crippen molar-refractivity contribution in [3.8, 4) is 0 Å². The average Bonchev–Trinajstić information content (AvgIpc) is 2.74. The lowest BCUT2D eigenvalue weighted by Crippen LogP contribution is -2.60. The third-order valence-electron chi connectivity index (χ3n) is 2.60. The van der Waals surface area contributed by atoms with Crippen LogP contribution >= 0.6 is 11.3 Å². The number of nitrogens with zero attached hydrogens (tertiary/aromatic N) is 1. The van der Waals surface area contributed by atoms with Crippen molar-refractivity contribution in [2.24, 2.45) is 0 Å². The predicted molar refractivity (Wildman–Crippen MR) is 72.4 cm³/mol. The van der Waals surface area contributed by atoms with E-state index in [1.165, 1.54) is 17.4 Å². The molecule has 1 saturated heterocycles. The van der Waals surface area contributed by atoms with E-state index in [9.17, 15) is 14.4 Å². The molecule has 1 aliphatic rings. The molecule has 5 nitrogen and oxygen atoms in total. The Balaban J connectivity index is 2.42. The lowest BCUT2D eigenvalue weighted by atomic mass is 10.0. The van der Waals surface area contributed by atoms with Gasteiger partial charge in [0.2, 0.25) is 0 Å².